The molecule has 254 valence electrons. The molecule has 4 N–H and O–H groups in total. The summed E-state index contributed by atoms with van der Waals surface area (Å²) in [5.74, 6) is -3.77. The fraction of sp³-hybridized carbons (Fsp3) is 0.486. The zero-order valence-corrected chi connectivity index (χ0v) is 28.0. The average molecular weight is 650 g/mol. The van der Waals surface area contributed by atoms with Crippen molar-refractivity contribution in [2.75, 3.05) is 6.54 Å². The smallest absolute Gasteiger partial charge is 0.408 e. The van der Waals surface area contributed by atoms with Crippen molar-refractivity contribution in [3.63, 3.8) is 0 Å². The molecule has 2 aromatic carbocycles. The Labute approximate surface area is 276 Å². The van der Waals surface area contributed by atoms with Crippen molar-refractivity contribution in [1.82, 2.24) is 26.2 Å². The summed E-state index contributed by atoms with van der Waals surface area (Å²) in [6.45, 7) is 10.7. The van der Waals surface area contributed by atoms with E-state index in [2.05, 4.69) is 21.3 Å². The number of alkyl carbamates (subject to hydrolysis) is 1. The van der Waals surface area contributed by atoms with Gasteiger partial charge in [0, 0.05) is 18.5 Å². The molecule has 5 amide bonds. The molecule has 1 aliphatic rings. The molecule has 12 heteroatoms. The maximum atomic E-state index is 13.7. The highest BCUT2D eigenvalue weighted by Gasteiger charge is 2.41. The van der Waals surface area contributed by atoms with Crippen molar-refractivity contribution >= 4 is 35.5 Å². The lowest BCUT2D eigenvalue weighted by molar-refractivity contribution is -0.149. The summed E-state index contributed by atoms with van der Waals surface area (Å²) in [6.07, 6.45) is 0.202. The number of Topliss-reactive ketones (excluding diaryl/α,β-unsaturated/α-hetero) is 1. The first-order valence-corrected chi connectivity index (χ1v) is 15.9. The Balaban J connectivity index is 1.70. The minimum Gasteiger partial charge on any atom is -0.445 e. The molecule has 0 unspecified atom stereocenters. The molecule has 0 saturated carbocycles. The van der Waals surface area contributed by atoms with Crippen molar-refractivity contribution in [3.8, 4) is 0 Å². The molecule has 1 aliphatic heterocycles. The Hall–Kier alpha value is -4.74. The summed E-state index contributed by atoms with van der Waals surface area (Å²) in [4.78, 5) is 80.5. The fourth-order valence-electron chi connectivity index (χ4n) is 5.17. The lowest BCUT2D eigenvalue weighted by atomic mass is 9.98. The average Bonchev–Trinajstić information content (AvgIpc) is 3.52. The number of ketones is 1. The predicted octanol–water partition coefficient (Wildman–Crippen LogP) is 2.64. The second-order valence-corrected chi connectivity index (χ2v) is 13.2. The van der Waals surface area contributed by atoms with E-state index in [1.807, 2.05) is 45.0 Å². The van der Waals surface area contributed by atoms with Gasteiger partial charge < -0.3 is 30.9 Å². The number of carbonyl (C=O) groups excluding carboxylic acids is 6. The Bertz CT molecular complexity index is 1410. The fourth-order valence-corrected chi connectivity index (χ4v) is 5.17. The van der Waals surface area contributed by atoms with Crippen molar-refractivity contribution < 1.29 is 33.5 Å². The molecule has 1 heterocycles. The zero-order chi connectivity index (χ0) is 34.7. The van der Waals surface area contributed by atoms with Gasteiger partial charge in [0.2, 0.25) is 23.5 Å². The van der Waals surface area contributed by atoms with Gasteiger partial charge in [-0.15, -0.1) is 0 Å². The van der Waals surface area contributed by atoms with Crippen LogP contribution in [0.5, 0.6) is 0 Å². The number of rotatable bonds is 13. The van der Waals surface area contributed by atoms with E-state index in [0.29, 0.717) is 18.4 Å². The van der Waals surface area contributed by atoms with Crippen LogP contribution in [-0.4, -0.2) is 76.7 Å². The molecule has 0 aromatic heterocycles. The van der Waals surface area contributed by atoms with Crippen LogP contribution in [0.25, 0.3) is 0 Å². The Morgan fingerprint density at radius 1 is 0.830 bits per heavy atom. The van der Waals surface area contributed by atoms with E-state index in [1.165, 1.54) is 11.8 Å². The van der Waals surface area contributed by atoms with E-state index in [1.54, 1.807) is 50.2 Å². The summed E-state index contributed by atoms with van der Waals surface area (Å²) >= 11 is 0. The lowest BCUT2D eigenvalue weighted by Gasteiger charge is -2.30. The topological polar surface area (TPSA) is 163 Å². The van der Waals surface area contributed by atoms with Crippen LogP contribution in [0.3, 0.4) is 0 Å². The molecule has 12 nitrogen and oxygen atoms in total. The first-order chi connectivity index (χ1) is 22.2. The monoisotopic (exact) mass is 649 g/mol. The van der Waals surface area contributed by atoms with Crippen molar-refractivity contribution in [1.29, 1.82) is 0 Å². The number of hydrogen-bond donors (Lipinski definition) is 4. The third-order valence-electron chi connectivity index (χ3n) is 7.63. The maximum absolute atomic E-state index is 13.7. The number of nitrogens with zero attached hydrogens (tertiary/aromatic N) is 1. The highest BCUT2D eigenvalue weighted by atomic mass is 16.5. The number of carbonyl (C=O) groups is 6. The van der Waals surface area contributed by atoms with E-state index in [4.69, 9.17) is 4.74 Å². The lowest BCUT2D eigenvalue weighted by Crippen LogP contribution is -2.59. The summed E-state index contributed by atoms with van der Waals surface area (Å²) in [5.41, 5.74) is 0.968. The van der Waals surface area contributed by atoms with Gasteiger partial charge in [-0.05, 0) is 57.6 Å². The van der Waals surface area contributed by atoms with E-state index in [-0.39, 0.29) is 25.5 Å². The first-order valence-electron chi connectivity index (χ1n) is 15.9. The van der Waals surface area contributed by atoms with Gasteiger partial charge in [-0.1, -0.05) is 74.5 Å². The molecule has 0 bridgehead atoms. The number of amides is 5. The Kier molecular flexibility index (Phi) is 13.1. The number of hydrogen-bond acceptors (Lipinski definition) is 7. The van der Waals surface area contributed by atoms with Crippen LogP contribution in [0, 0.1) is 5.92 Å². The molecule has 1 saturated heterocycles. The number of ether oxygens (including phenoxy) is 1. The van der Waals surface area contributed by atoms with Gasteiger partial charge in [0.15, 0.2) is 0 Å². The molecule has 0 spiro atoms. The van der Waals surface area contributed by atoms with Crippen LogP contribution < -0.4 is 21.3 Å². The quantitative estimate of drug-likeness (QED) is 0.243. The van der Waals surface area contributed by atoms with Gasteiger partial charge in [0.1, 0.15) is 30.8 Å². The molecule has 0 aliphatic carbocycles. The second kappa shape index (κ2) is 16.7. The van der Waals surface area contributed by atoms with Crippen LogP contribution in [0.15, 0.2) is 60.7 Å². The predicted molar refractivity (Wildman–Crippen MR) is 176 cm³/mol. The molecule has 47 heavy (non-hydrogen) atoms. The third kappa shape index (κ3) is 11.2. The largest absolute Gasteiger partial charge is 0.445 e. The maximum Gasteiger partial charge on any atom is 0.408 e. The van der Waals surface area contributed by atoms with Crippen LogP contribution in [-0.2, 0) is 41.7 Å². The molecule has 4 atom stereocenters. The van der Waals surface area contributed by atoms with Gasteiger partial charge in [-0.25, -0.2) is 4.79 Å². The van der Waals surface area contributed by atoms with Crippen LogP contribution >= 0.6 is 0 Å². The van der Waals surface area contributed by atoms with Gasteiger partial charge in [-0.2, -0.15) is 0 Å². The van der Waals surface area contributed by atoms with E-state index < -0.39 is 65.2 Å². The normalized spacial score (nSPS) is 16.4. The van der Waals surface area contributed by atoms with Crippen LogP contribution in [0.1, 0.15) is 65.5 Å². The van der Waals surface area contributed by atoms with Gasteiger partial charge in [0.25, 0.3) is 5.91 Å². The summed E-state index contributed by atoms with van der Waals surface area (Å²) in [7, 11) is 0. The van der Waals surface area contributed by atoms with Crippen molar-refractivity contribution in [2.45, 2.75) is 97.1 Å². The zero-order valence-electron chi connectivity index (χ0n) is 28.0. The number of likely N-dealkylation sites (tertiary alicyclic amines) is 1. The molecule has 0 radical (unpaired) electrons. The number of nitrogens with one attached hydrogen (secondary N) is 4. The summed E-state index contributed by atoms with van der Waals surface area (Å²) in [5, 5.41) is 10.7. The second-order valence-electron chi connectivity index (χ2n) is 13.2. The standard InChI is InChI=1S/C35H47N5O7/c1-22(2)28(38-30(42)23(3)36-34(46)47-21-25-16-11-8-12-17-25)32(44)37-26(20-24-14-9-7-10-15-24)29(41)33(45)40-19-13-18-27(40)31(43)39-35(4,5)6/h7-12,14-17,22-23,26-28H,13,18-21H2,1-6H3,(H,36,46)(H,37,44)(H,38,42)(H,39,43)/t23-,26-,27-,28-/m0/s1. The minimum absolute atomic E-state index is 0.0209. The Morgan fingerprint density at radius 2 is 1.43 bits per heavy atom. The Morgan fingerprint density at radius 3 is 2.00 bits per heavy atom. The number of benzene rings is 2. The van der Waals surface area contributed by atoms with Gasteiger partial charge in [-0.3, -0.25) is 24.0 Å². The third-order valence-corrected chi connectivity index (χ3v) is 7.63. The van der Waals surface area contributed by atoms with E-state index in [9.17, 15) is 28.8 Å². The van der Waals surface area contributed by atoms with Gasteiger partial charge >= 0.3 is 6.09 Å². The molecule has 1 fully saturated rings. The molecule has 2 aromatic rings. The van der Waals surface area contributed by atoms with Gasteiger partial charge in [0.05, 0.1) is 0 Å². The first kappa shape index (κ1) is 36.7. The van der Waals surface area contributed by atoms with E-state index >= 15 is 0 Å². The SMILES string of the molecule is CC(C)[C@H](NC(=O)[C@H](C)NC(=O)OCc1ccccc1)C(=O)N[C@@H](Cc1ccccc1)C(=O)C(=O)N1CCC[C@H]1C(=O)NC(C)(C)C. The van der Waals surface area contributed by atoms with Crippen LogP contribution in [0.4, 0.5) is 4.79 Å². The minimum atomic E-state index is -1.26. The highest BCUT2D eigenvalue weighted by molar-refractivity contribution is 6.38. The van der Waals surface area contributed by atoms with E-state index in [0.717, 1.165) is 5.56 Å². The van der Waals surface area contributed by atoms with Crippen molar-refractivity contribution in [2.24, 2.45) is 5.92 Å². The molecular weight excluding hydrogens is 602 g/mol. The molecule has 3 rings (SSSR count). The molecular formula is C35H47N5O7. The van der Waals surface area contributed by atoms with Crippen LogP contribution in [0.2, 0.25) is 0 Å². The van der Waals surface area contributed by atoms with Crippen molar-refractivity contribution in [3.05, 3.63) is 71.8 Å². The summed E-state index contributed by atoms with van der Waals surface area (Å²) < 4.78 is 5.19. The highest BCUT2D eigenvalue weighted by Crippen LogP contribution is 2.20. The summed E-state index contributed by atoms with van der Waals surface area (Å²) in [6, 6.07) is 13.8.